The van der Waals surface area contributed by atoms with E-state index < -0.39 is 5.67 Å². The van der Waals surface area contributed by atoms with E-state index in [0.29, 0.717) is 18.6 Å². The van der Waals surface area contributed by atoms with Crippen molar-refractivity contribution < 1.29 is 4.39 Å². The van der Waals surface area contributed by atoms with Gasteiger partial charge in [0.2, 0.25) is 0 Å². The number of alkyl halides is 1. The standard InChI is InChI=1S/C10H19FN2.ClH/c11-10(5-6-10)7-13-9-3-1-8(12)2-4-9;/h8-9,13H,1-7,12H2;1H. The molecule has 0 unspecified atom stereocenters. The maximum atomic E-state index is 13.2. The summed E-state index contributed by atoms with van der Waals surface area (Å²) in [6.07, 6.45) is 5.95. The van der Waals surface area contributed by atoms with Crippen LogP contribution in [0, 0.1) is 0 Å². The highest BCUT2D eigenvalue weighted by Gasteiger charge is 2.43. The van der Waals surface area contributed by atoms with Gasteiger partial charge in [0.1, 0.15) is 5.67 Å². The molecule has 0 atom stereocenters. The summed E-state index contributed by atoms with van der Waals surface area (Å²) in [6.45, 7) is 0.562. The lowest BCUT2D eigenvalue weighted by molar-refractivity contribution is 0.260. The molecule has 0 aliphatic heterocycles. The van der Waals surface area contributed by atoms with Gasteiger partial charge in [0.25, 0.3) is 0 Å². The van der Waals surface area contributed by atoms with E-state index in [9.17, 15) is 4.39 Å². The number of hydrogen-bond acceptors (Lipinski definition) is 2. The molecule has 0 aromatic rings. The third-order valence-corrected chi connectivity index (χ3v) is 3.27. The van der Waals surface area contributed by atoms with Crippen LogP contribution in [0.2, 0.25) is 0 Å². The van der Waals surface area contributed by atoms with Gasteiger partial charge in [0, 0.05) is 18.6 Å². The Bertz CT molecular complexity index is 177. The number of hydrogen-bond donors (Lipinski definition) is 2. The maximum Gasteiger partial charge on any atom is 0.123 e. The summed E-state index contributed by atoms with van der Waals surface area (Å²) < 4.78 is 13.2. The molecule has 0 amide bonds. The first-order chi connectivity index (χ1) is 6.18. The molecule has 0 bridgehead atoms. The van der Waals surface area contributed by atoms with Gasteiger partial charge < -0.3 is 11.1 Å². The second-order valence-electron chi connectivity index (χ2n) is 4.64. The molecule has 2 fully saturated rings. The monoisotopic (exact) mass is 222 g/mol. The summed E-state index contributed by atoms with van der Waals surface area (Å²) in [6, 6.07) is 0.909. The maximum absolute atomic E-state index is 13.2. The van der Waals surface area contributed by atoms with E-state index in [2.05, 4.69) is 5.32 Å². The van der Waals surface area contributed by atoms with Crippen LogP contribution in [0.1, 0.15) is 38.5 Å². The molecule has 0 aromatic carbocycles. The van der Waals surface area contributed by atoms with Crippen LogP contribution in [-0.4, -0.2) is 24.3 Å². The molecule has 84 valence electrons. The Hall–Kier alpha value is 0.140. The third kappa shape index (κ3) is 3.37. The van der Waals surface area contributed by atoms with Gasteiger partial charge >= 0.3 is 0 Å². The molecule has 2 rings (SSSR count). The summed E-state index contributed by atoms with van der Waals surface area (Å²) in [5.41, 5.74) is 4.94. The molecular weight excluding hydrogens is 203 g/mol. The van der Waals surface area contributed by atoms with E-state index in [1.165, 1.54) is 0 Å². The third-order valence-electron chi connectivity index (χ3n) is 3.27. The fourth-order valence-electron chi connectivity index (χ4n) is 1.96. The highest BCUT2D eigenvalue weighted by atomic mass is 35.5. The van der Waals surface area contributed by atoms with E-state index in [-0.39, 0.29) is 12.4 Å². The second kappa shape index (κ2) is 4.77. The smallest absolute Gasteiger partial charge is 0.123 e. The van der Waals surface area contributed by atoms with Crippen molar-refractivity contribution in [3.8, 4) is 0 Å². The van der Waals surface area contributed by atoms with E-state index in [4.69, 9.17) is 5.73 Å². The van der Waals surface area contributed by atoms with Gasteiger partial charge in [0.05, 0.1) is 0 Å². The summed E-state index contributed by atoms with van der Waals surface area (Å²) in [5, 5.41) is 3.31. The lowest BCUT2D eigenvalue weighted by Gasteiger charge is -2.27. The Morgan fingerprint density at radius 3 is 2.29 bits per heavy atom. The van der Waals surface area contributed by atoms with E-state index >= 15 is 0 Å². The van der Waals surface area contributed by atoms with Gasteiger partial charge in [-0.3, -0.25) is 0 Å². The summed E-state index contributed by atoms with van der Waals surface area (Å²) >= 11 is 0. The largest absolute Gasteiger partial charge is 0.328 e. The first-order valence-corrected chi connectivity index (χ1v) is 5.36. The lowest BCUT2D eigenvalue weighted by atomic mass is 9.92. The van der Waals surface area contributed by atoms with Crippen LogP contribution in [0.3, 0.4) is 0 Å². The molecule has 3 N–H and O–H groups in total. The minimum atomic E-state index is -0.848. The molecule has 14 heavy (non-hydrogen) atoms. The van der Waals surface area contributed by atoms with Gasteiger partial charge in [-0.25, -0.2) is 4.39 Å². The van der Waals surface area contributed by atoms with Gasteiger partial charge in [-0.15, -0.1) is 12.4 Å². The van der Waals surface area contributed by atoms with Crippen LogP contribution < -0.4 is 11.1 Å². The molecule has 4 heteroatoms. The Morgan fingerprint density at radius 2 is 1.79 bits per heavy atom. The first-order valence-electron chi connectivity index (χ1n) is 5.36. The predicted molar refractivity (Wildman–Crippen MR) is 58.6 cm³/mol. The van der Waals surface area contributed by atoms with Crippen molar-refractivity contribution in [1.82, 2.24) is 5.32 Å². The molecule has 0 saturated heterocycles. The van der Waals surface area contributed by atoms with Crippen LogP contribution in [0.4, 0.5) is 4.39 Å². The fraction of sp³-hybridized carbons (Fsp3) is 1.00. The predicted octanol–water partition coefficient (Wildman–Crippen LogP) is 1.77. The van der Waals surface area contributed by atoms with Crippen LogP contribution in [0.15, 0.2) is 0 Å². The average molecular weight is 223 g/mol. The highest BCUT2D eigenvalue weighted by molar-refractivity contribution is 5.85. The molecule has 2 nitrogen and oxygen atoms in total. The molecule has 2 saturated carbocycles. The van der Waals surface area contributed by atoms with Crippen molar-refractivity contribution in [2.75, 3.05) is 6.54 Å². The Balaban J connectivity index is 0.000000980. The quantitative estimate of drug-likeness (QED) is 0.764. The average Bonchev–Trinajstić information content (AvgIpc) is 2.84. The van der Waals surface area contributed by atoms with Crippen molar-refractivity contribution in [1.29, 1.82) is 0 Å². The van der Waals surface area contributed by atoms with E-state index in [1.807, 2.05) is 0 Å². The van der Waals surface area contributed by atoms with Crippen molar-refractivity contribution in [3.63, 3.8) is 0 Å². The summed E-state index contributed by atoms with van der Waals surface area (Å²) in [7, 11) is 0. The van der Waals surface area contributed by atoms with Crippen LogP contribution >= 0.6 is 12.4 Å². The number of halogens is 2. The Morgan fingerprint density at radius 1 is 1.21 bits per heavy atom. The lowest BCUT2D eigenvalue weighted by Crippen LogP contribution is -2.40. The molecular formula is C10H20ClFN2. The normalized spacial score (nSPS) is 34.7. The molecule has 0 aromatic heterocycles. The summed E-state index contributed by atoms with van der Waals surface area (Å²) in [4.78, 5) is 0. The van der Waals surface area contributed by atoms with Crippen LogP contribution in [0.5, 0.6) is 0 Å². The minimum Gasteiger partial charge on any atom is -0.328 e. The van der Waals surface area contributed by atoms with Crippen molar-refractivity contribution in [3.05, 3.63) is 0 Å². The molecule has 0 radical (unpaired) electrons. The van der Waals surface area contributed by atoms with E-state index in [1.54, 1.807) is 0 Å². The van der Waals surface area contributed by atoms with Gasteiger partial charge in [0.15, 0.2) is 0 Å². The fourth-order valence-corrected chi connectivity index (χ4v) is 1.96. The SMILES string of the molecule is Cl.NC1CCC(NCC2(F)CC2)CC1. The molecule has 0 heterocycles. The zero-order valence-electron chi connectivity index (χ0n) is 8.47. The van der Waals surface area contributed by atoms with Gasteiger partial charge in [-0.05, 0) is 38.5 Å². The zero-order chi connectivity index (χ0) is 9.31. The Kier molecular flexibility index (Phi) is 4.16. The molecule has 0 spiro atoms. The van der Waals surface area contributed by atoms with Gasteiger partial charge in [-0.2, -0.15) is 0 Å². The molecule has 2 aliphatic carbocycles. The molecule has 2 aliphatic rings. The number of nitrogens with one attached hydrogen (secondary N) is 1. The summed E-state index contributed by atoms with van der Waals surface area (Å²) in [5.74, 6) is 0. The Labute approximate surface area is 91.2 Å². The van der Waals surface area contributed by atoms with Crippen molar-refractivity contribution in [2.45, 2.75) is 56.3 Å². The van der Waals surface area contributed by atoms with Crippen LogP contribution in [0.25, 0.3) is 0 Å². The van der Waals surface area contributed by atoms with Crippen molar-refractivity contribution >= 4 is 12.4 Å². The number of nitrogens with two attached hydrogens (primary N) is 1. The van der Waals surface area contributed by atoms with Crippen molar-refractivity contribution in [2.24, 2.45) is 5.73 Å². The van der Waals surface area contributed by atoms with Crippen LogP contribution in [-0.2, 0) is 0 Å². The first kappa shape index (κ1) is 12.2. The topological polar surface area (TPSA) is 38.0 Å². The second-order valence-corrected chi connectivity index (χ2v) is 4.64. The number of rotatable bonds is 3. The minimum absolute atomic E-state index is 0. The highest BCUT2D eigenvalue weighted by Crippen LogP contribution is 2.39. The zero-order valence-corrected chi connectivity index (χ0v) is 9.28. The van der Waals surface area contributed by atoms with E-state index in [0.717, 1.165) is 38.5 Å². The van der Waals surface area contributed by atoms with Gasteiger partial charge in [-0.1, -0.05) is 0 Å².